The summed E-state index contributed by atoms with van der Waals surface area (Å²) in [6, 6.07) is 0.573. The van der Waals surface area contributed by atoms with Crippen LogP contribution in [0.5, 0.6) is 0 Å². The first-order valence-electron chi connectivity index (χ1n) is 5.33. The van der Waals surface area contributed by atoms with Gasteiger partial charge in [0.15, 0.2) is 0 Å². The minimum atomic E-state index is 0.573. The molecule has 2 nitrogen and oxygen atoms in total. The number of hydrogen-bond acceptors (Lipinski definition) is 2. The number of hydrogen-bond donors (Lipinski definition) is 1. The van der Waals surface area contributed by atoms with Crippen molar-refractivity contribution in [1.82, 2.24) is 10.2 Å². The summed E-state index contributed by atoms with van der Waals surface area (Å²) in [6.07, 6.45) is 9.06. The van der Waals surface area contributed by atoms with E-state index < -0.39 is 0 Å². The largest absolute Gasteiger partial charge is 0.372 e. The van der Waals surface area contributed by atoms with Crippen molar-refractivity contribution < 1.29 is 0 Å². The first kappa shape index (κ1) is 10.2. The van der Waals surface area contributed by atoms with Crippen molar-refractivity contribution in [2.45, 2.75) is 18.9 Å². The van der Waals surface area contributed by atoms with E-state index in [4.69, 9.17) is 0 Å². The summed E-state index contributed by atoms with van der Waals surface area (Å²) in [5.74, 6) is 0. The molecule has 0 radical (unpaired) electrons. The van der Waals surface area contributed by atoms with Crippen LogP contribution < -0.4 is 5.32 Å². The Kier molecular flexibility index (Phi) is 3.65. The molecular weight excluding hydrogens is 240 g/mol. The monoisotopic (exact) mass is 256 g/mol. The highest BCUT2D eigenvalue weighted by Gasteiger charge is 2.23. The molecule has 0 aromatic heterocycles. The highest BCUT2D eigenvalue weighted by atomic mass is 79.9. The molecule has 0 bridgehead atoms. The molecule has 1 unspecified atom stereocenters. The predicted octanol–water partition coefficient (Wildman–Crippen LogP) is 1.89. The molecule has 0 aromatic rings. The van der Waals surface area contributed by atoms with Crippen LogP contribution in [0.3, 0.4) is 0 Å². The molecule has 0 amide bonds. The molecule has 78 valence electrons. The van der Waals surface area contributed by atoms with Crippen LogP contribution >= 0.6 is 15.9 Å². The number of alkyl halides is 1. The number of nitrogens with zero attached hydrogens (tertiary/aromatic N) is 1. The van der Waals surface area contributed by atoms with Crippen LogP contribution in [0.1, 0.15) is 12.8 Å². The lowest BCUT2D eigenvalue weighted by molar-refractivity contribution is 0.264. The van der Waals surface area contributed by atoms with E-state index in [1.165, 1.54) is 18.7 Å². The quantitative estimate of drug-likeness (QED) is 0.777. The van der Waals surface area contributed by atoms with Gasteiger partial charge in [-0.15, -0.1) is 0 Å². The zero-order chi connectivity index (χ0) is 9.80. The zero-order valence-electron chi connectivity index (χ0n) is 8.38. The summed E-state index contributed by atoms with van der Waals surface area (Å²) in [4.78, 5) is 2.52. The van der Waals surface area contributed by atoms with Crippen LogP contribution in [0.2, 0.25) is 0 Å². The van der Waals surface area contributed by atoms with Gasteiger partial charge in [-0.2, -0.15) is 0 Å². The summed E-state index contributed by atoms with van der Waals surface area (Å²) < 4.78 is 0. The third-order valence-corrected chi connectivity index (χ3v) is 3.39. The molecule has 1 aliphatic carbocycles. The van der Waals surface area contributed by atoms with Crippen molar-refractivity contribution in [3.63, 3.8) is 0 Å². The van der Waals surface area contributed by atoms with Crippen LogP contribution in [0, 0.1) is 0 Å². The van der Waals surface area contributed by atoms with Gasteiger partial charge in [-0.25, -0.2) is 0 Å². The first-order valence-corrected chi connectivity index (χ1v) is 6.45. The highest BCUT2D eigenvalue weighted by molar-refractivity contribution is 9.09. The molecule has 0 spiro atoms. The molecule has 3 heteroatoms. The molecule has 1 heterocycles. The van der Waals surface area contributed by atoms with Gasteiger partial charge in [-0.05, 0) is 18.9 Å². The summed E-state index contributed by atoms with van der Waals surface area (Å²) in [7, 11) is 0. The maximum Gasteiger partial charge on any atom is 0.0507 e. The summed E-state index contributed by atoms with van der Waals surface area (Å²) in [5, 5.41) is 4.66. The summed E-state index contributed by atoms with van der Waals surface area (Å²) in [6.45, 7) is 3.46. The van der Waals surface area contributed by atoms with E-state index in [1.54, 1.807) is 0 Å². The Morgan fingerprint density at radius 1 is 1.57 bits per heavy atom. The summed E-state index contributed by atoms with van der Waals surface area (Å²) >= 11 is 3.49. The average Bonchev–Trinajstić information content (AvgIpc) is 2.26. The van der Waals surface area contributed by atoms with Crippen molar-refractivity contribution in [2.24, 2.45) is 0 Å². The van der Waals surface area contributed by atoms with Gasteiger partial charge >= 0.3 is 0 Å². The molecule has 1 saturated heterocycles. The van der Waals surface area contributed by atoms with Crippen LogP contribution in [-0.4, -0.2) is 35.9 Å². The van der Waals surface area contributed by atoms with Crippen molar-refractivity contribution >= 4 is 15.9 Å². The van der Waals surface area contributed by atoms with Crippen molar-refractivity contribution in [3.8, 4) is 0 Å². The topological polar surface area (TPSA) is 15.3 Å². The lowest BCUT2D eigenvalue weighted by Gasteiger charge is -2.38. The maximum absolute atomic E-state index is 3.55. The second-order valence-corrected chi connectivity index (χ2v) is 4.58. The number of nitrogens with one attached hydrogen (secondary N) is 1. The molecule has 0 aromatic carbocycles. The normalized spacial score (nSPS) is 25.9. The Labute approximate surface area is 94.2 Å². The second-order valence-electron chi connectivity index (χ2n) is 3.79. The molecule has 0 saturated carbocycles. The minimum Gasteiger partial charge on any atom is -0.372 e. The molecule has 2 rings (SSSR count). The van der Waals surface area contributed by atoms with Gasteiger partial charge in [-0.3, -0.25) is 0 Å². The second kappa shape index (κ2) is 4.99. The van der Waals surface area contributed by atoms with Crippen LogP contribution in [0.15, 0.2) is 23.9 Å². The smallest absolute Gasteiger partial charge is 0.0507 e. The van der Waals surface area contributed by atoms with E-state index in [1.807, 2.05) is 0 Å². The Morgan fingerprint density at radius 3 is 3.36 bits per heavy atom. The fourth-order valence-corrected chi connectivity index (χ4v) is 2.38. The Bertz CT molecular complexity index is 248. The van der Waals surface area contributed by atoms with E-state index in [9.17, 15) is 0 Å². The van der Waals surface area contributed by atoms with E-state index >= 15 is 0 Å². The number of rotatable bonds is 3. The Morgan fingerprint density at radius 2 is 2.50 bits per heavy atom. The highest BCUT2D eigenvalue weighted by Crippen LogP contribution is 2.20. The van der Waals surface area contributed by atoms with Gasteiger partial charge in [-0.1, -0.05) is 28.1 Å². The van der Waals surface area contributed by atoms with Crippen LogP contribution in [0.25, 0.3) is 0 Å². The molecule has 14 heavy (non-hydrogen) atoms. The van der Waals surface area contributed by atoms with Gasteiger partial charge in [0.05, 0.1) is 6.04 Å². The van der Waals surface area contributed by atoms with E-state index in [0.29, 0.717) is 6.04 Å². The molecular formula is C11H17BrN2. The van der Waals surface area contributed by atoms with Crippen LogP contribution in [-0.2, 0) is 0 Å². The molecule has 1 N–H and O–H groups in total. The zero-order valence-corrected chi connectivity index (χ0v) is 9.96. The molecule has 1 fully saturated rings. The fourth-order valence-electron chi connectivity index (χ4n) is 2.13. The van der Waals surface area contributed by atoms with Gasteiger partial charge in [0, 0.05) is 30.7 Å². The summed E-state index contributed by atoms with van der Waals surface area (Å²) in [5.41, 5.74) is 1.49. The third kappa shape index (κ3) is 2.20. The van der Waals surface area contributed by atoms with Crippen LogP contribution in [0.4, 0.5) is 0 Å². The van der Waals surface area contributed by atoms with Crippen molar-refractivity contribution in [1.29, 1.82) is 0 Å². The Balaban J connectivity index is 2.00. The molecule has 1 atom stereocenters. The molecule has 2 aliphatic rings. The van der Waals surface area contributed by atoms with Crippen molar-refractivity contribution in [3.05, 3.63) is 23.9 Å². The number of halogens is 1. The maximum atomic E-state index is 3.55. The Hall–Kier alpha value is -0.280. The fraction of sp³-hybridized carbons (Fsp3) is 0.636. The van der Waals surface area contributed by atoms with Gasteiger partial charge < -0.3 is 10.2 Å². The van der Waals surface area contributed by atoms with E-state index in [0.717, 1.165) is 24.8 Å². The lowest BCUT2D eigenvalue weighted by atomic mass is 10.0. The number of allylic oxidation sites excluding steroid dienone is 2. The first-order chi connectivity index (χ1) is 6.92. The standard InChI is InChI=1S/C11H17BrN2/c12-6-3-8-14-9-7-13-10-4-1-2-5-11(10)14/h1-2,5,10,13H,3-4,6-9H2. The third-order valence-electron chi connectivity index (χ3n) is 2.83. The number of piperazine rings is 1. The van der Waals surface area contributed by atoms with E-state index in [-0.39, 0.29) is 0 Å². The number of fused-ring (bicyclic) bond motifs is 1. The molecule has 1 aliphatic heterocycles. The lowest BCUT2D eigenvalue weighted by Crippen LogP contribution is -2.49. The average molecular weight is 257 g/mol. The predicted molar refractivity (Wildman–Crippen MR) is 63.6 cm³/mol. The van der Waals surface area contributed by atoms with Gasteiger partial charge in [0.2, 0.25) is 0 Å². The minimum absolute atomic E-state index is 0.573. The van der Waals surface area contributed by atoms with Gasteiger partial charge in [0.25, 0.3) is 0 Å². The van der Waals surface area contributed by atoms with E-state index in [2.05, 4.69) is 44.4 Å². The van der Waals surface area contributed by atoms with Gasteiger partial charge in [0.1, 0.15) is 0 Å². The SMILES string of the molecule is BrCCCN1CCNC2CC=CC=C21. The van der Waals surface area contributed by atoms with Crippen molar-refractivity contribution in [2.75, 3.05) is 25.0 Å².